The van der Waals surface area contributed by atoms with Crippen LogP contribution in [0.3, 0.4) is 0 Å². The van der Waals surface area contributed by atoms with E-state index < -0.39 is 0 Å². The third-order valence-electron chi connectivity index (χ3n) is 1.11. The number of carbonyl (C=O) groups excluding carboxylic acids is 1. The van der Waals surface area contributed by atoms with Crippen molar-refractivity contribution >= 4 is 34.1 Å². The summed E-state index contributed by atoms with van der Waals surface area (Å²) in [6, 6.07) is 0. The van der Waals surface area contributed by atoms with Crippen LogP contribution in [0.1, 0.15) is 20.8 Å². The van der Waals surface area contributed by atoms with Crippen LogP contribution in [0.15, 0.2) is 0 Å². The van der Waals surface area contributed by atoms with E-state index in [0.717, 1.165) is 0 Å². The van der Waals surface area contributed by atoms with Gasteiger partial charge in [0.25, 0.3) is 0 Å². The summed E-state index contributed by atoms with van der Waals surface area (Å²) in [4.78, 5) is 10.7. The number of Topliss-reactive ketones (excluding diaryl/α,β-unsaturated/α-hetero) is 1. The van der Waals surface area contributed by atoms with Crippen LogP contribution in [-0.4, -0.2) is 22.0 Å². The monoisotopic (exact) mass is 194 g/mol. The van der Waals surface area contributed by atoms with E-state index in [1.807, 2.05) is 13.8 Å². The van der Waals surface area contributed by atoms with Crippen LogP contribution >= 0.6 is 24.0 Å². The molecule has 0 aliphatic carbocycles. The van der Waals surface area contributed by atoms with Crippen LogP contribution in [0.4, 0.5) is 0 Å². The van der Waals surface area contributed by atoms with Gasteiger partial charge in [0.15, 0.2) is 0 Å². The number of ether oxygens (including phenoxy) is 1. The zero-order chi connectivity index (χ0) is 8.85. The second-order valence-corrected chi connectivity index (χ2v) is 4.00. The second kappa shape index (κ2) is 5.55. The highest BCUT2D eigenvalue weighted by atomic mass is 32.2. The normalized spacial score (nSPS) is 12.3. The number of carbonyl (C=O) groups is 1. The largest absolute Gasteiger partial charge is 0.479 e. The molecule has 0 aliphatic rings. The van der Waals surface area contributed by atoms with E-state index in [2.05, 4.69) is 0 Å². The van der Waals surface area contributed by atoms with Crippen LogP contribution in [0, 0.1) is 0 Å². The molecule has 4 heteroatoms. The Morgan fingerprint density at radius 3 is 2.64 bits per heavy atom. The third kappa shape index (κ3) is 5.21. The fourth-order valence-electron chi connectivity index (χ4n) is 0.379. The summed E-state index contributed by atoms with van der Waals surface area (Å²) in [5, 5.41) is -0.0888. The molecule has 0 bridgehead atoms. The highest BCUT2D eigenvalue weighted by Gasteiger charge is 2.11. The Morgan fingerprint density at radius 1 is 1.73 bits per heavy atom. The molecule has 0 N–H and O–H groups in total. The smallest absolute Gasteiger partial charge is 0.220 e. The lowest BCUT2D eigenvalue weighted by molar-refractivity contribution is -0.116. The number of ketones is 1. The van der Waals surface area contributed by atoms with Crippen molar-refractivity contribution in [1.82, 2.24) is 0 Å². The maximum absolute atomic E-state index is 10.7. The number of hydrogen-bond donors (Lipinski definition) is 0. The predicted octanol–water partition coefficient (Wildman–Crippen LogP) is 2.02. The standard InChI is InChI=1S/C7H12O2S2/c1-4-9-7(10)11-6(3)5(2)8/h6H,4H2,1-3H3/i2+1,3+1. The highest BCUT2D eigenvalue weighted by Crippen LogP contribution is 2.14. The lowest BCUT2D eigenvalue weighted by Gasteiger charge is -2.07. The van der Waals surface area contributed by atoms with Crippen LogP contribution < -0.4 is 0 Å². The molecule has 0 aromatic heterocycles. The summed E-state index contributed by atoms with van der Waals surface area (Å²) < 4.78 is 5.46. The minimum absolute atomic E-state index is 0.0888. The first-order chi connectivity index (χ1) is 5.07. The zero-order valence-electron chi connectivity index (χ0n) is 6.92. The van der Waals surface area contributed by atoms with Crippen LogP contribution in [0.5, 0.6) is 0 Å². The molecule has 0 aliphatic heterocycles. The van der Waals surface area contributed by atoms with Crippen molar-refractivity contribution in [3.63, 3.8) is 0 Å². The molecule has 0 heterocycles. The summed E-state index contributed by atoms with van der Waals surface area (Å²) in [6.07, 6.45) is 0. The minimum Gasteiger partial charge on any atom is -0.479 e. The van der Waals surface area contributed by atoms with Gasteiger partial charge < -0.3 is 4.74 Å². The van der Waals surface area contributed by atoms with E-state index in [4.69, 9.17) is 17.0 Å². The number of rotatable bonds is 3. The maximum Gasteiger partial charge on any atom is 0.220 e. The van der Waals surface area contributed by atoms with Crippen LogP contribution in [0.25, 0.3) is 0 Å². The van der Waals surface area contributed by atoms with Crippen molar-refractivity contribution in [2.45, 2.75) is 26.0 Å². The van der Waals surface area contributed by atoms with Gasteiger partial charge in [-0.1, -0.05) is 11.8 Å². The predicted molar refractivity (Wildman–Crippen MR) is 52.0 cm³/mol. The zero-order valence-corrected chi connectivity index (χ0v) is 8.55. The first-order valence-electron chi connectivity index (χ1n) is 3.41. The van der Waals surface area contributed by atoms with Crippen molar-refractivity contribution in [1.29, 1.82) is 0 Å². The first kappa shape index (κ1) is 10.9. The lowest BCUT2D eigenvalue weighted by Crippen LogP contribution is -2.12. The Labute approximate surface area is 76.7 Å². The quantitative estimate of drug-likeness (QED) is 0.507. The molecule has 1 unspecified atom stereocenters. The Kier molecular flexibility index (Phi) is 5.50. The van der Waals surface area contributed by atoms with E-state index >= 15 is 0 Å². The van der Waals surface area contributed by atoms with Gasteiger partial charge in [-0.25, -0.2) is 0 Å². The number of thiocarbonyl (C=S) groups is 1. The molecule has 2 nitrogen and oxygen atoms in total. The van der Waals surface area contributed by atoms with Crippen molar-refractivity contribution < 1.29 is 9.53 Å². The molecule has 0 fully saturated rings. The maximum atomic E-state index is 10.7. The Bertz CT molecular complexity index is 157. The molecule has 0 radical (unpaired) electrons. The molecule has 0 aromatic carbocycles. The summed E-state index contributed by atoms with van der Waals surface area (Å²) in [6.45, 7) is 5.80. The van der Waals surface area contributed by atoms with Gasteiger partial charge in [-0.2, -0.15) is 0 Å². The molecule has 0 saturated carbocycles. The Hall–Kier alpha value is -0.0900. The van der Waals surface area contributed by atoms with E-state index in [1.54, 1.807) is 6.92 Å². The molecule has 64 valence electrons. The summed E-state index contributed by atoms with van der Waals surface area (Å²) in [5.74, 6) is 0.122. The van der Waals surface area contributed by atoms with E-state index in [-0.39, 0.29) is 11.0 Å². The first-order valence-corrected chi connectivity index (χ1v) is 4.70. The average molecular weight is 194 g/mol. The fourth-order valence-corrected chi connectivity index (χ4v) is 1.57. The van der Waals surface area contributed by atoms with Gasteiger partial charge in [-0.15, -0.1) is 0 Å². The number of hydrogen-bond acceptors (Lipinski definition) is 4. The molecular formula is C7H12O2S2. The van der Waals surface area contributed by atoms with Gasteiger partial charge in [0.05, 0.1) is 11.9 Å². The molecule has 0 amide bonds. The Balaban J connectivity index is 3.66. The van der Waals surface area contributed by atoms with Crippen LogP contribution in [-0.2, 0) is 9.53 Å². The molecule has 0 rings (SSSR count). The lowest BCUT2D eigenvalue weighted by atomic mass is 10.5. The van der Waals surface area contributed by atoms with Crippen molar-refractivity contribution in [3.05, 3.63) is 0 Å². The average Bonchev–Trinajstić information content (AvgIpc) is 1.87. The molecule has 11 heavy (non-hydrogen) atoms. The molecule has 0 saturated heterocycles. The van der Waals surface area contributed by atoms with Gasteiger partial charge in [0.2, 0.25) is 4.38 Å². The van der Waals surface area contributed by atoms with E-state index in [9.17, 15) is 4.79 Å². The van der Waals surface area contributed by atoms with Gasteiger partial charge in [-0.3, -0.25) is 4.79 Å². The second-order valence-electron chi connectivity index (χ2n) is 2.05. The van der Waals surface area contributed by atoms with Crippen molar-refractivity contribution in [2.24, 2.45) is 0 Å². The van der Waals surface area contributed by atoms with Crippen molar-refractivity contribution in [3.8, 4) is 0 Å². The molecule has 1 atom stereocenters. The van der Waals surface area contributed by atoms with Gasteiger partial charge in [-0.05, 0) is 33.0 Å². The number of thioether (sulfide) groups is 1. The molecule has 0 aromatic rings. The SMILES string of the molecule is CCOC(=S)SC([13CH3])C([13CH3])=O. The summed E-state index contributed by atoms with van der Waals surface area (Å²) in [7, 11) is 0. The molecular weight excluding hydrogens is 182 g/mol. The summed E-state index contributed by atoms with van der Waals surface area (Å²) in [5.41, 5.74) is 0. The van der Waals surface area contributed by atoms with Gasteiger partial charge >= 0.3 is 0 Å². The Morgan fingerprint density at radius 2 is 2.27 bits per heavy atom. The van der Waals surface area contributed by atoms with Crippen molar-refractivity contribution in [2.75, 3.05) is 6.61 Å². The third-order valence-corrected chi connectivity index (χ3v) is 2.51. The van der Waals surface area contributed by atoms with Gasteiger partial charge in [0.1, 0.15) is 5.78 Å². The fraction of sp³-hybridized carbons (Fsp3) is 0.714. The van der Waals surface area contributed by atoms with Crippen LogP contribution in [0.2, 0.25) is 0 Å². The highest BCUT2D eigenvalue weighted by molar-refractivity contribution is 8.23. The molecule has 0 spiro atoms. The van der Waals surface area contributed by atoms with Gasteiger partial charge in [0, 0.05) is 0 Å². The summed E-state index contributed by atoms with van der Waals surface area (Å²) >= 11 is 6.13. The van der Waals surface area contributed by atoms with E-state index in [1.165, 1.54) is 11.8 Å². The topological polar surface area (TPSA) is 26.3 Å². The van der Waals surface area contributed by atoms with E-state index in [0.29, 0.717) is 11.0 Å². The minimum atomic E-state index is -0.0888.